The van der Waals surface area contributed by atoms with Gasteiger partial charge in [0, 0.05) is 17.9 Å². The lowest BCUT2D eigenvalue weighted by Gasteiger charge is -2.18. The average Bonchev–Trinajstić information content (AvgIpc) is 2.21. The van der Waals surface area contributed by atoms with Gasteiger partial charge in [0.25, 0.3) is 0 Å². The molecule has 0 bridgehead atoms. The molecule has 1 heterocycles. The summed E-state index contributed by atoms with van der Waals surface area (Å²) in [5, 5.41) is 27.9. The van der Waals surface area contributed by atoms with Crippen LogP contribution in [0.25, 0.3) is 0 Å². The van der Waals surface area contributed by atoms with E-state index in [9.17, 15) is 10.2 Å². The summed E-state index contributed by atoms with van der Waals surface area (Å²) in [4.78, 5) is 3.98. The Balaban J connectivity index is 2.89. The van der Waals surface area contributed by atoms with Crippen molar-refractivity contribution in [2.45, 2.75) is 25.6 Å². The molecule has 15 heavy (non-hydrogen) atoms. The summed E-state index contributed by atoms with van der Waals surface area (Å²) in [6, 6.07) is 1.58. The summed E-state index contributed by atoms with van der Waals surface area (Å²) in [5.41, 5.74) is 7.09. The van der Waals surface area contributed by atoms with E-state index in [0.29, 0.717) is 16.9 Å². The van der Waals surface area contributed by atoms with Gasteiger partial charge in [-0.05, 0) is 19.4 Å². The maximum atomic E-state index is 9.77. The third kappa shape index (κ3) is 2.89. The number of aliphatic hydroxyl groups is 3. The van der Waals surface area contributed by atoms with E-state index in [1.807, 2.05) is 0 Å². The topological polar surface area (TPSA) is 99.6 Å². The summed E-state index contributed by atoms with van der Waals surface area (Å²) in [6.07, 6.45) is -0.454. The van der Waals surface area contributed by atoms with E-state index in [2.05, 4.69) is 4.98 Å². The molecule has 0 radical (unpaired) electrons. The molecule has 84 valence electrons. The Morgan fingerprint density at radius 1 is 1.47 bits per heavy atom. The van der Waals surface area contributed by atoms with Crippen molar-refractivity contribution in [1.29, 1.82) is 0 Å². The lowest BCUT2D eigenvalue weighted by Crippen LogP contribution is -2.20. The van der Waals surface area contributed by atoms with Gasteiger partial charge >= 0.3 is 0 Å². The van der Waals surface area contributed by atoms with E-state index in [4.69, 9.17) is 10.8 Å². The molecule has 5 N–H and O–H groups in total. The second-order valence-electron chi connectivity index (χ2n) is 3.47. The molecule has 5 nitrogen and oxygen atoms in total. The van der Waals surface area contributed by atoms with Crippen molar-refractivity contribution in [2.24, 2.45) is 0 Å². The molecule has 2 atom stereocenters. The van der Waals surface area contributed by atoms with E-state index >= 15 is 0 Å². The standard InChI is InChI=1S/C10H16N2O3/c1-6-8(4-7(11)5-12-6)10(15)9(14)2-3-13/h4-5,9-10,13-15H,2-3,11H2,1H3. The highest BCUT2D eigenvalue weighted by Gasteiger charge is 2.20. The molecule has 1 rings (SSSR count). The minimum atomic E-state index is -1.06. The molecule has 2 unspecified atom stereocenters. The summed E-state index contributed by atoms with van der Waals surface area (Å²) >= 11 is 0. The van der Waals surface area contributed by atoms with Crippen molar-refractivity contribution in [1.82, 2.24) is 4.98 Å². The van der Waals surface area contributed by atoms with E-state index in [-0.39, 0.29) is 13.0 Å². The van der Waals surface area contributed by atoms with Crippen LogP contribution in [0.15, 0.2) is 12.3 Å². The van der Waals surface area contributed by atoms with Crippen LogP contribution in [0.3, 0.4) is 0 Å². The second kappa shape index (κ2) is 5.06. The molecule has 0 aliphatic carbocycles. The first-order valence-electron chi connectivity index (χ1n) is 4.75. The van der Waals surface area contributed by atoms with Crippen molar-refractivity contribution < 1.29 is 15.3 Å². The van der Waals surface area contributed by atoms with Crippen molar-refractivity contribution in [3.05, 3.63) is 23.5 Å². The maximum Gasteiger partial charge on any atom is 0.107 e. The Morgan fingerprint density at radius 3 is 2.73 bits per heavy atom. The Kier molecular flexibility index (Phi) is 4.02. The molecule has 1 aromatic rings. The van der Waals surface area contributed by atoms with Crippen LogP contribution in [0.5, 0.6) is 0 Å². The fraction of sp³-hybridized carbons (Fsp3) is 0.500. The van der Waals surface area contributed by atoms with E-state index < -0.39 is 12.2 Å². The van der Waals surface area contributed by atoms with Crippen molar-refractivity contribution in [3.63, 3.8) is 0 Å². The molecule has 0 aromatic carbocycles. The molecule has 0 fully saturated rings. The number of nitrogens with two attached hydrogens (primary N) is 1. The predicted octanol–water partition coefficient (Wildman–Crippen LogP) is -0.251. The molecule has 0 aliphatic heterocycles. The van der Waals surface area contributed by atoms with E-state index in [1.54, 1.807) is 13.0 Å². The minimum absolute atomic E-state index is 0.120. The average molecular weight is 212 g/mol. The van der Waals surface area contributed by atoms with Gasteiger partial charge in [-0.25, -0.2) is 0 Å². The number of aryl methyl sites for hydroxylation is 1. The van der Waals surface area contributed by atoms with E-state index in [1.165, 1.54) is 6.20 Å². The van der Waals surface area contributed by atoms with Crippen molar-refractivity contribution in [3.8, 4) is 0 Å². The van der Waals surface area contributed by atoms with Crippen LogP contribution >= 0.6 is 0 Å². The zero-order chi connectivity index (χ0) is 11.4. The Morgan fingerprint density at radius 2 is 2.13 bits per heavy atom. The van der Waals surface area contributed by atoms with Crippen LogP contribution in [0, 0.1) is 6.92 Å². The minimum Gasteiger partial charge on any atom is -0.397 e. The van der Waals surface area contributed by atoms with Gasteiger partial charge in [0.05, 0.1) is 18.0 Å². The first-order valence-corrected chi connectivity index (χ1v) is 4.75. The fourth-order valence-electron chi connectivity index (χ4n) is 1.36. The molecule has 0 spiro atoms. The molecule has 1 aromatic heterocycles. The quantitative estimate of drug-likeness (QED) is 0.551. The van der Waals surface area contributed by atoms with Crippen molar-refractivity contribution >= 4 is 5.69 Å². The third-order valence-corrected chi connectivity index (χ3v) is 2.26. The van der Waals surface area contributed by atoms with Crippen LogP contribution in [-0.2, 0) is 0 Å². The number of hydrogen-bond donors (Lipinski definition) is 4. The smallest absolute Gasteiger partial charge is 0.107 e. The highest BCUT2D eigenvalue weighted by Crippen LogP contribution is 2.22. The van der Waals surface area contributed by atoms with Crippen LogP contribution in [0.4, 0.5) is 5.69 Å². The summed E-state index contributed by atoms with van der Waals surface area (Å²) < 4.78 is 0. The Labute approximate surface area is 88.2 Å². The van der Waals surface area contributed by atoms with Gasteiger partial charge < -0.3 is 21.1 Å². The molecular formula is C10H16N2O3. The zero-order valence-corrected chi connectivity index (χ0v) is 8.59. The van der Waals surface area contributed by atoms with E-state index in [0.717, 1.165) is 0 Å². The highest BCUT2D eigenvalue weighted by molar-refractivity contribution is 5.40. The number of aromatic nitrogens is 1. The van der Waals surface area contributed by atoms with Gasteiger partial charge in [0.1, 0.15) is 6.10 Å². The van der Waals surface area contributed by atoms with Crippen LogP contribution < -0.4 is 5.73 Å². The number of pyridine rings is 1. The maximum absolute atomic E-state index is 9.77. The third-order valence-electron chi connectivity index (χ3n) is 2.26. The van der Waals surface area contributed by atoms with Gasteiger partial charge in [-0.1, -0.05) is 0 Å². The first-order chi connectivity index (χ1) is 7.06. The first kappa shape index (κ1) is 11.9. The Hall–Kier alpha value is -1.17. The monoisotopic (exact) mass is 212 g/mol. The molecule has 5 heteroatoms. The molecular weight excluding hydrogens is 196 g/mol. The number of hydrogen-bond acceptors (Lipinski definition) is 5. The van der Waals surface area contributed by atoms with Gasteiger partial charge in [-0.2, -0.15) is 0 Å². The SMILES string of the molecule is Cc1ncc(N)cc1C(O)C(O)CCO. The lowest BCUT2D eigenvalue weighted by atomic mass is 10.0. The van der Waals surface area contributed by atoms with Gasteiger partial charge in [-0.15, -0.1) is 0 Å². The summed E-state index contributed by atoms with van der Waals surface area (Å²) in [5.74, 6) is 0. The van der Waals surface area contributed by atoms with Crippen LogP contribution in [-0.4, -0.2) is 33.0 Å². The highest BCUT2D eigenvalue weighted by atomic mass is 16.3. The molecule has 0 saturated heterocycles. The zero-order valence-electron chi connectivity index (χ0n) is 8.59. The predicted molar refractivity (Wildman–Crippen MR) is 56.1 cm³/mol. The summed E-state index contributed by atoms with van der Waals surface area (Å²) in [6.45, 7) is 1.55. The molecule has 0 saturated carbocycles. The number of nitrogens with zero attached hydrogens (tertiary/aromatic N) is 1. The molecule has 0 aliphatic rings. The molecule has 0 amide bonds. The van der Waals surface area contributed by atoms with Crippen LogP contribution in [0.1, 0.15) is 23.8 Å². The van der Waals surface area contributed by atoms with Gasteiger partial charge in [0.15, 0.2) is 0 Å². The number of aliphatic hydroxyl groups excluding tert-OH is 3. The summed E-state index contributed by atoms with van der Waals surface area (Å²) in [7, 11) is 0. The lowest BCUT2D eigenvalue weighted by molar-refractivity contribution is 0.00371. The van der Waals surface area contributed by atoms with Gasteiger partial charge in [-0.3, -0.25) is 4.98 Å². The number of nitrogen functional groups attached to an aromatic ring is 1. The van der Waals surface area contributed by atoms with Crippen LogP contribution in [0.2, 0.25) is 0 Å². The fourth-order valence-corrected chi connectivity index (χ4v) is 1.36. The number of rotatable bonds is 4. The largest absolute Gasteiger partial charge is 0.397 e. The van der Waals surface area contributed by atoms with Gasteiger partial charge in [0.2, 0.25) is 0 Å². The normalized spacial score (nSPS) is 14.9. The number of anilines is 1. The van der Waals surface area contributed by atoms with Crippen molar-refractivity contribution in [2.75, 3.05) is 12.3 Å². The Bertz CT molecular complexity index is 330. The second-order valence-corrected chi connectivity index (χ2v) is 3.47.